The van der Waals surface area contributed by atoms with Crippen LogP contribution in [0.4, 0.5) is 0 Å². The van der Waals surface area contributed by atoms with E-state index >= 15 is 0 Å². The molecule has 1 heterocycles. The zero-order valence-electron chi connectivity index (χ0n) is 9.18. The molecule has 2 rings (SSSR count). The zero-order valence-corrected chi connectivity index (χ0v) is 9.18. The van der Waals surface area contributed by atoms with Crippen LogP contribution >= 0.6 is 0 Å². The molecule has 0 N–H and O–H groups in total. The molecule has 0 aromatic heterocycles. The molecular formula is C12H23N. The molecule has 2 fully saturated rings. The van der Waals surface area contributed by atoms with E-state index in [9.17, 15) is 0 Å². The highest BCUT2D eigenvalue weighted by Gasteiger charge is 2.39. The summed E-state index contributed by atoms with van der Waals surface area (Å²) in [6.45, 7) is 3.86. The Morgan fingerprint density at radius 3 is 2.69 bits per heavy atom. The predicted octanol–water partition coefficient (Wildman–Crippen LogP) is 3.05. The van der Waals surface area contributed by atoms with Gasteiger partial charge in [0.15, 0.2) is 0 Å². The van der Waals surface area contributed by atoms with Crippen LogP contribution in [0.2, 0.25) is 0 Å². The summed E-state index contributed by atoms with van der Waals surface area (Å²) in [6.07, 6.45) is 10.2. The molecule has 2 aliphatic rings. The third-order valence-corrected chi connectivity index (χ3v) is 4.32. The molecule has 2 atom stereocenters. The third-order valence-electron chi connectivity index (χ3n) is 4.32. The van der Waals surface area contributed by atoms with Gasteiger partial charge in [0.05, 0.1) is 0 Å². The van der Waals surface area contributed by atoms with Gasteiger partial charge in [-0.1, -0.05) is 26.2 Å². The molecule has 0 aromatic rings. The van der Waals surface area contributed by atoms with Crippen LogP contribution in [-0.4, -0.2) is 24.5 Å². The Morgan fingerprint density at radius 2 is 1.85 bits per heavy atom. The Hall–Kier alpha value is -0.0400. The largest absolute Gasteiger partial charge is 0.303 e. The molecule has 13 heavy (non-hydrogen) atoms. The summed E-state index contributed by atoms with van der Waals surface area (Å²) in [6, 6.07) is 0.892. The fourth-order valence-corrected chi connectivity index (χ4v) is 3.49. The van der Waals surface area contributed by atoms with Crippen LogP contribution < -0.4 is 0 Å². The summed E-state index contributed by atoms with van der Waals surface area (Å²) in [7, 11) is 2.33. The lowest BCUT2D eigenvalue weighted by Crippen LogP contribution is -2.48. The Labute approximate surface area is 82.5 Å². The second-order valence-corrected chi connectivity index (χ2v) is 5.35. The Kier molecular flexibility index (Phi) is 2.64. The quantitative estimate of drug-likeness (QED) is 0.555. The van der Waals surface area contributed by atoms with Gasteiger partial charge < -0.3 is 4.90 Å². The van der Waals surface area contributed by atoms with Gasteiger partial charge in [-0.2, -0.15) is 0 Å². The Bertz CT molecular complexity index is 178. The topological polar surface area (TPSA) is 3.24 Å². The normalized spacial score (nSPS) is 42.5. The zero-order chi connectivity index (χ0) is 9.31. The van der Waals surface area contributed by atoms with Gasteiger partial charge in [-0.3, -0.25) is 0 Å². The van der Waals surface area contributed by atoms with Crippen molar-refractivity contribution in [3.05, 3.63) is 0 Å². The molecule has 1 aliphatic heterocycles. The van der Waals surface area contributed by atoms with Crippen molar-refractivity contribution in [2.75, 3.05) is 13.6 Å². The standard InChI is InChI=1S/C12H23N/c1-12-8-5-3-4-7-11(12)13(2)10-6-9-12/h11H,3-10H2,1-2H3/t11-,12-/m0/s1. The highest BCUT2D eigenvalue weighted by atomic mass is 15.1. The summed E-state index contributed by atoms with van der Waals surface area (Å²) in [5, 5.41) is 0. The Morgan fingerprint density at radius 1 is 1.08 bits per heavy atom. The van der Waals surface area contributed by atoms with Crippen molar-refractivity contribution in [1.29, 1.82) is 0 Å². The molecular weight excluding hydrogens is 158 g/mol. The molecule has 0 amide bonds. The van der Waals surface area contributed by atoms with E-state index < -0.39 is 0 Å². The minimum atomic E-state index is 0.656. The summed E-state index contributed by atoms with van der Waals surface area (Å²) in [5.41, 5.74) is 0.656. The van der Waals surface area contributed by atoms with Crippen LogP contribution in [0.15, 0.2) is 0 Å². The van der Waals surface area contributed by atoms with Gasteiger partial charge in [-0.05, 0) is 44.7 Å². The van der Waals surface area contributed by atoms with E-state index in [0.717, 1.165) is 6.04 Å². The van der Waals surface area contributed by atoms with Gasteiger partial charge in [0.25, 0.3) is 0 Å². The number of rotatable bonds is 0. The van der Waals surface area contributed by atoms with Crippen molar-refractivity contribution in [2.24, 2.45) is 5.41 Å². The number of fused-ring (bicyclic) bond motifs is 1. The van der Waals surface area contributed by atoms with Crippen molar-refractivity contribution in [3.63, 3.8) is 0 Å². The van der Waals surface area contributed by atoms with Gasteiger partial charge in [0.1, 0.15) is 0 Å². The fraction of sp³-hybridized carbons (Fsp3) is 1.00. The molecule has 1 aliphatic carbocycles. The van der Waals surface area contributed by atoms with E-state index in [2.05, 4.69) is 18.9 Å². The highest BCUT2D eigenvalue weighted by molar-refractivity contribution is 4.93. The first kappa shape index (κ1) is 9.51. The molecule has 0 radical (unpaired) electrons. The van der Waals surface area contributed by atoms with Crippen LogP contribution in [0.5, 0.6) is 0 Å². The van der Waals surface area contributed by atoms with Crippen LogP contribution in [0.3, 0.4) is 0 Å². The maximum absolute atomic E-state index is 2.62. The number of hydrogen-bond donors (Lipinski definition) is 0. The van der Waals surface area contributed by atoms with Crippen molar-refractivity contribution < 1.29 is 0 Å². The van der Waals surface area contributed by atoms with Crippen LogP contribution in [0, 0.1) is 5.41 Å². The minimum absolute atomic E-state index is 0.656. The first-order valence-corrected chi connectivity index (χ1v) is 5.93. The van der Waals surface area contributed by atoms with Crippen LogP contribution in [-0.2, 0) is 0 Å². The molecule has 0 aromatic carbocycles. The van der Waals surface area contributed by atoms with Gasteiger partial charge in [-0.15, -0.1) is 0 Å². The lowest BCUT2D eigenvalue weighted by atomic mass is 9.72. The second-order valence-electron chi connectivity index (χ2n) is 5.35. The molecule has 1 heteroatoms. The van der Waals surface area contributed by atoms with Crippen LogP contribution in [0.25, 0.3) is 0 Å². The smallest absolute Gasteiger partial charge is 0.0146 e. The summed E-state index contributed by atoms with van der Waals surface area (Å²) < 4.78 is 0. The van der Waals surface area contributed by atoms with Crippen molar-refractivity contribution >= 4 is 0 Å². The summed E-state index contributed by atoms with van der Waals surface area (Å²) in [5.74, 6) is 0. The van der Waals surface area contributed by atoms with Crippen molar-refractivity contribution in [1.82, 2.24) is 4.90 Å². The minimum Gasteiger partial charge on any atom is -0.303 e. The summed E-state index contributed by atoms with van der Waals surface area (Å²) >= 11 is 0. The average molecular weight is 181 g/mol. The number of piperidine rings is 1. The lowest BCUT2D eigenvalue weighted by Gasteiger charge is -2.46. The van der Waals surface area contributed by atoms with E-state index in [0.29, 0.717) is 5.41 Å². The first-order chi connectivity index (χ1) is 6.22. The van der Waals surface area contributed by atoms with Crippen LogP contribution in [0.1, 0.15) is 51.9 Å². The Balaban J connectivity index is 2.14. The number of hydrogen-bond acceptors (Lipinski definition) is 1. The number of nitrogens with zero attached hydrogens (tertiary/aromatic N) is 1. The predicted molar refractivity (Wildman–Crippen MR) is 56.8 cm³/mol. The average Bonchev–Trinajstić information content (AvgIpc) is 2.27. The molecule has 0 unspecified atom stereocenters. The van der Waals surface area contributed by atoms with E-state index in [4.69, 9.17) is 0 Å². The van der Waals surface area contributed by atoms with Gasteiger partial charge in [-0.25, -0.2) is 0 Å². The molecule has 1 nitrogen and oxygen atoms in total. The van der Waals surface area contributed by atoms with E-state index in [1.165, 1.54) is 51.5 Å². The third kappa shape index (κ3) is 1.76. The van der Waals surface area contributed by atoms with Gasteiger partial charge in [0.2, 0.25) is 0 Å². The molecule has 0 spiro atoms. The molecule has 0 bridgehead atoms. The monoisotopic (exact) mass is 181 g/mol. The van der Waals surface area contributed by atoms with E-state index in [1.54, 1.807) is 0 Å². The molecule has 1 saturated carbocycles. The maximum atomic E-state index is 2.62. The maximum Gasteiger partial charge on any atom is 0.0146 e. The van der Waals surface area contributed by atoms with Gasteiger partial charge >= 0.3 is 0 Å². The summed E-state index contributed by atoms with van der Waals surface area (Å²) in [4.78, 5) is 2.62. The molecule has 76 valence electrons. The van der Waals surface area contributed by atoms with Gasteiger partial charge in [0, 0.05) is 6.04 Å². The second kappa shape index (κ2) is 3.61. The van der Waals surface area contributed by atoms with Crippen molar-refractivity contribution in [3.8, 4) is 0 Å². The number of likely N-dealkylation sites (tertiary alicyclic amines) is 1. The highest BCUT2D eigenvalue weighted by Crippen LogP contribution is 2.43. The SMILES string of the molecule is CN1CCC[C@]2(C)CCCCC[C@H]12. The van der Waals surface area contributed by atoms with Crippen molar-refractivity contribution in [2.45, 2.75) is 57.9 Å². The first-order valence-electron chi connectivity index (χ1n) is 5.93. The fourth-order valence-electron chi connectivity index (χ4n) is 3.49. The van der Waals surface area contributed by atoms with E-state index in [1.807, 2.05) is 0 Å². The van der Waals surface area contributed by atoms with E-state index in [-0.39, 0.29) is 0 Å². The molecule has 1 saturated heterocycles. The lowest BCUT2D eigenvalue weighted by molar-refractivity contribution is 0.0384.